The number of nitrogens with one attached hydrogen (secondary N) is 2. The fourth-order valence-corrected chi connectivity index (χ4v) is 0.589. The Hall–Kier alpha value is -0.830. The van der Waals surface area contributed by atoms with Gasteiger partial charge in [0.1, 0.15) is 0 Å². The van der Waals surface area contributed by atoms with Crippen molar-refractivity contribution in [3.8, 4) is 0 Å². The second-order valence-corrected chi connectivity index (χ2v) is 1.66. The lowest BCUT2D eigenvalue weighted by Crippen LogP contribution is -2.30. The molecule has 49 valence electrons. The van der Waals surface area contributed by atoms with Crippen molar-refractivity contribution < 1.29 is 0 Å². The highest BCUT2D eigenvalue weighted by molar-refractivity contribution is 5.72. The Morgan fingerprint density at radius 3 is 3.22 bits per heavy atom. The number of hydrogen-bond donors (Lipinski definition) is 2. The Bertz CT molecular complexity index is 128. The van der Waals surface area contributed by atoms with Crippen molar-refractivity contribution in [2.75, 3.05) is 6.54 Å². The van der Waals surface area contributed by atoms with Gasteiger partial charge in [-0.05, 0) is 12.6 Å². The quantitative estimate of drug-likeness (QED) is 0.553. The number of allylic oxidation sites excluding steroid dienone is 1. The van der Waals surface area contributed by atoms with E-state index < -0.39 is 0 Å². The number of nitrogens with zero attached hydrogens (tertiary/aromatic N) is 1. The summed E-state index contributed by atoms with van der Waals surface area (Å²) in [5.41, 5.74) is 0. The average molecular weight is 124 g/mol. The Morgan fingerprint density at radius 2 is 2.67 bits per heavy atom. The van der Waals surface area contributed by atoms with Crippen LogP contribution in [0.15, 0.2) is 17.3 Å². The second kappa shape index (κ2) is 3.25. The molecule has 9 heavy (non-hydrogen) atoms. The van der Waals surface area contributed by atoms with E-state index in [4.69, 9.17) is 0 Å². The van der Waals surface area contributed by atoms with Crippen LogP contribution in [0.2, 0.25) is 0 Å². The van der Waals surface area contributed by atoms with Crippen LogP contribution in [0.1, 0.15) is 6.92 Å². The zero-order valence-electron chi connectivity index (χ0n) is 5.39. The lowest BCUT2D eigenvalue weighted by Gasteiger charge is -2.12. The van der Waals surface area contributed by atoms with Crippen LogP contribution in [-0.2, 0) is 0 Å². The lowest BCUT2D eigenvalue weighted by atomic mass is 10.5. The summed E-state index contributed by atoms with van der Waals surface area (Å²) >= 11 is 0. The molecule has 2 N–H and O–H groups in total. The summed E-state index contributed by atoms with van der Waals surface area (Å²) in [6, 6.07) is 0. The van der Waals surface area contributed by atoms with Gasteiger partial charge in [0.05, 0.1) is 0 Å². The lowest BCUT2D eigenvalue weighted by molar-refractivity contribution is 0.644. The molecule has 0 amide bonds. The van der Waals surface area contributed by atoms with E-state index in [9.17, 15) is 0 Å². The van der Waals surface area contributed by atoms with Crippen LogP contribution in [0, 0.1) is 6.29 Å². The zero-order valence-corrected chi connectivity index (χ0v) is 5.39. The highest BCUT2D eigenvalue weighted by Crippen LogP contribution is 1.92. The van der Waals surface area contributed by atoms with Gasteiger partial charge in [-0.25, -0.2) is 4.99 Å². The Kier molecular flexibility index (Phi) is 2.27. The summed E-state index contributed by atoms with van der Waals surface area (Å²) < 4.78 is 0. The fourth-order valence-electron chi connectivity index (χ4n) is 0.589. The number of aliphatic imine (C=N–C) groups is 1. The van der Waals surface area contributed by atoms with Crippen molar-refractivity contribution in [3.05, 3.63) is 18.6 Å². The molecule has 0 saturated heterocycles. The fraction of sp³-hybridized carbons (Fsp3) is 0.333. The minimum absolute atomic E-state index is 0.819. The maximum absolute atomic E-state index is 4.00. The maximum atomic E-state index is 4.00. The van der Waals surface area contributed by atoms with Gasteiger partial charge in [0, 0.05) is 12.4 Å². The molecule has 0 bridgehead atoms. The van der Waals surface area contributed by atoms with Crippen LogP contribution in [0.25, 0.3) is 0 Å². The third kappa shape index (κ3) is 1.85. The molecular formula is C6H10N3. The Morgan fingerprint density at radius 1 is 1.78 bits per heavy atom. The predicted molar refractivity (Wildman–Crippen MR) is 37.7 cm³/mol. The van der Waals surface area contributed by atoms with E-state index in [0.29, 0.717) is 0 Å². The summed E-state index contributed by atoms with van der Waals surface area (Å²) in [5.74, 6) is 0. The van der Waals surface area contributed by atoms with Gasteiger partial charge in [-0.15, -0.1) is 0 Å². The van der Waals surface area contributed by atoms with E-state index in [1.54, 1.807) is 6.21 Å². The van der Waals surface area contributed by atoms with E-state index in [0.717, 1.165) is 12.8 Å². The van der Waals surface area contributed by atoms with E-state index in [-0.39, 0.29) is 0 Å². The van der Waals surface area contributed by atoms with Crippen molar-refractivity contribution in [2.45, 2.75) is 6.92 Å². The molecule has 3 heteroatoms. The summed E-state index contributed by atoms with van der Waals surface area (Å²) in [6.45, 7) is 2.93. The van der Waals surface area contributed by atoms with Crippen molar-refractivity contribution in [2.24, 2.45) is 4.99 Å². The highest BCUT2D eigenvalue weighted by atomic mass is 15.2. The summed E-state index contributed by atoms with van der Waals surface area (Å²) in [6.07, 6.45) is 6.25. The largest absolute Gasteiger partial charge is 0.350 e. The zero-order chi connectivity index (χ0) is 6.53. The first-order chi connectivity index (χ1) is 4.43. The SMILES string of the molecule is CCN[C]1N=CC=CN1. The van der Waals surface area contributed by atoms with E-state index >= 15 is 0 Å². The first-order valence-corrected chi connectivity index (χ1v) is 3.00. The molecule has 0 spiro atoms. The average Bonchev–Trinajstić information content (AvgIpc) is 1.91. The van der Waals surface area contributed by atoms with Crippen molar-refractivity contribution in [1.29, 1.82) is 0 Å². The van der Waals surface area contributed by atoms with Gasteiger partial charge in [0.15, 0.2) is 0 Å². The highest BCUT2D eigenvalue weighted by Gasteiger charge is 2.01. The molecule has 1 radical (unpaired) electrons. The molecule has 0 fully saturated rings. The normalized spacial score (nSPS) is 17.9. The molecule has 0 aromatic carbocycles. The topological polar surface area (TPSA) is 36.4 Å². The molecule has 0 unspecified atom stereocenters. The third-order valence-corrected chi connectivity index (χ3v) is 0.950. The Balaban J connectivity index is 2.28. The summed E-state index contributed by atoms with van der Waals surface area (Å²) in [4.78, 5) is 4.00. The van der Waals surface area contributed by atoms with E-state index in [2.05, 4.69) is 15.6 Å². The molecule has 0 aromatic heterocycles. The van der Waals surface area contributed by atoms with Crippen LogP contribution >= 0.6 is 0 Å². The number of hydrogen-bond acceptors (Lipinski definition) is 3. The molecule has 1 aliphatic rings. The van der Waals surface area contributed by atoms with Gasteiger partial charge >= 0.3 is 0 Å². The first kappa shape index (κ1) is 6.29. The maximum Gasteiger partial charge on any atom is 0.244 e. The van der Waals surface area contributed by atoms with Gasteiger partial charge in [-0.1, -0.05) is 6.92 Å². The molecule has 1 rings (SSSR count). The van der Waals surface area contributed by atoms with Crippen molar-refractivity contribution >= 4 is 6.21 Å². The Labute approximate surface area is 54.9 Å². The van der Waals surface area contributed by atoms with Gasteiger partial charge in [0.25, 0.3) is 0 Å². The van der Waals surface area contributed by atoms with Gasteiger partial charge in [-0.2, -0.15) is 0 Å². The molecule has 0 aliphatic carbocycles. The molecule has 1 heterocycles. The second-order valence-electron chi connectivity index (χ2n) is 1.66. The van der Waals surface area contributed by atoms with Crippen molar-refractivity contribution in [3.63, 3.8) is 0 Å². The van der Waals surface area contributed by atoms with Gasteiger partial charge in [-0.3, -0.25) is 5.32 Å². The number of rotatable bonds is 2. The third-order valence-electron chi connectivity index (χ3n) is 0.950. The van der Waals surface area contributed by atoms with Crippen LogP contribution in [0.5, 0.6) is 0 Å². The summed E-state index contributed by atoms with van der Waals surface area (Å²) in [5, 5.41) is 5.99. The first-order valence-electron chi connectivity index (χ1n) is 3.00. The van der Waals surface area contributed by atoms with Crippen LogP contribution in [-0.4, -0.2) is 12.8 Å². The van der Waals surface area contributed by atoms with Crippen LogP contribution in [0.3, 0.4) is 0 Å². The van der Waals surface area contributed by atoms with E-state index in [1.807, 2.05) is 19.2 Å². The molecular weight excluding hydrogens is 114 g/mol. The minimum atomic E-state index is 0.819. The smallest absolute Gasteiger partial charge is 0.244 e. The molecule has 0 aromatic rings. The molecule has 0 atom stereocenters. The van der Waals surface area contributed by atoms with Crippen LogP contribution < -0.4 is 10.6 Å². The molecule has 1 aliphatic heterocycles. The predicted octanol–water partition coefficient (Wildman–Crippen LogP) is 0.231. The molecule has 3 nitrogen and oxygen atoms in total. The minimum Gasteiger partial charge on any atom is -0.350 e. The molecule has 0 saturated carbocycles. The van der Waals surface area contributed by atoms with Gasteiger partial charge in [0.2, 0.25) is 6.29 Å². The van der Waals surface area contributed by atoms with E-state index in [1.165, 1.54) is 0 Å². The summed E-state index contributed by atoms with van der Waals surface area (Å²) in [7, 11) is 0. The van der Waals surface area contributed by atoms with Gasteiger partial charge < -0.3 is 5.32 Å². The monoisotopic (exact) mass is 124 g/mol. The van der Waals surface area contributed by atoms with Crippen LogP contribution in [0.4, 0.5) is 0 Å². The van der Waals surface area contributed by atoms with Crippen molar-refractivity contribution in [1.82, 2.24) is 10.6 Å². The standard InChI is InChI=1S/C6H10N3/c1-2-7-6-8-4-3-5-9-6/h3-5,7-8H,2H2,1H3.